The first-order valence-electron chi connectivity index (χ1n) is 8.84. The van der Waals surface area contributed by atoms with Gasteiger partial charge in [-0.25, -0.2) is 9.37 Å². The van der Waals surface area contributed by atoms with Gasteiger partial charge in [-0.15, -0.1) is 0 Å². The number of carbonyl (C=O) groups is 1. The van der Waals surface area contributed by atoms with Gasteiger partial charge in [0.25, 0.3) is 5.91 Å². The van der Waals surface area contributed by atoms with Crippen LogP contribution in [-0.4, -0.2) is 16.0 Å². The van der Waals surface area contributed by atoms with Gasteiger partial charge in [-0.05, 0) is 48.0 Å². The zero-order valence-electron chi connectivity index (χ0n) is 14.9. The summed E-state index contributed by atoms with van der Waals surface area (Å²) in [6.45, 7) is 0. The van der Waals surface area contributed by atoms with Gasteiger partial charge in [0.05, 0.1) is 17.0 Å². The zero-order chi connectivity index (χ0) is 20.1. The number of benzene rings is 2. The van der Waals surface area contributed by atoms with Crippen molar-refractivity contribution in [2.24, 2.45) is 0 Å². The molecule has 29 heavy (non-hydrogen) atoms. The van der Waals surface area contributed by atoms with Gasteiger partial charge in [0, 0.05) is 6.20 Å². The lowest BCUT2D eigenvalue weighted by Crippen LogP contribution is -2.30. The van der Waals surface area contributed by atoms with Gasteiger partial charge in [-0.3, -0.25) is 14.5 Å². The quantitative estimate of drug-likeness (QED) is 0.565. The van der Waals surface area contributed by atoms with E-state index in [0.717, 1.165) is 6.07 Å². The van der Waals surface area contributed by atoms with Crippen molar-refractivity contribution in [3.8, 4) is 5.75 Å². The Morgan fingerprint density at radius 2 is 1.83 bits per heavy atom. The maximum Gasteiger partial charge on any atom is 0.296 e. The Labute approximate surface area is 163 Å². The molecule has 2 aromatic heterocycles. The molecule has 0 saturated heterocycles. The number of aromatic nitrogens is 1. The van der Waals surface area contributed by atoms with Crippen LogP contribution in [-0.2, 0) is 0 Å². The molecule has 1 atom stereocenters. The number of rotatable bonds is 2. The number of aromatic hydroxyl groups is 1. The first kappa shape index (κ1) is 17.1. The topological polar surface area (TPSA) is 83.6 Å². The van der Waals surface area contributed by atoms with Crippen molar-refractivity contribution in [3.63, 3.8) is 0 Å². The van der Waals surface area contributed by atoms with Gasteiger partial charge >= 0.3 is 0 Å². The number of phenolic OH excluding ortho intramolecular Hbond substituents is 1. The second kappa shape index (κ2) is 6.27. The summed E-state index contributed by atoms with van der Waals surface area (Å²) in [5.74, 6) is -0.790. The molecule has 2 aromatic carbocycles. The average molecular weight is 388 g/mol. The van der Waals surface area contributed by atoms with Crippen molar-refractivity contribution in [2.75, 3.05) is 4.90 Å². The second-order valence-corrected chi connectivity index (χ2v) is 6.67. The molecule has 5 rings (SSSR count). The van der Waals surface area contributed by atoms with E-state index in [2.05, 4.69) is 4.98 Å². The molecule has 0 fully saturated rings. The Morgan fingerprint density at radius 1 is 1.03 bits per heavy atom. The number of halogens is 1. The lowest BCUT2D eigenvalue weighted by molar-refractivity contribution is 0.0970. The van der Waals surface area contributed by atoms with E-state index in [1.807, 2.05) is 0 Å². The van der Waals surface area contributed by atoms with Gasteiger partial charge in [0.15, 0.2) is 5.43 Å². The molecule has 4 aromatic rings. The van der Waals surface area contributed by atoms with Crippen molar-refractivity contribution in [1.29, 1.82) is 0 Å². The molecule has 0 aliphatic carbocycles. The van der Waals surface area contributed by atoms with Gasteiger partial charge in [-0.2, -0.15) is 0 Å². The molecule has 0 saturated carbocycles. The number of hydrogen-bond donors (Lipinski definition) is 1. The number of fused-ring (bicyclic) bond motifs is 2. The first-order chi connectivity index (χ1) is 14.0. The van der Waals surface area contributed by atoms with Gasteiger partial charge in [-0.1, -0.05) is 18.2 Å². The molecule has 7 heteroatoms. The summed E-state index contributed by atoms with van der Waals surface area (Å²) in [6.07, 6.45) is 1.54. The van der Waals surface area contributed by atoms with Crippen molar-refractivity contribution in [1.82, 2.24) is 4.98 Å². The van der Waals surface area contributed by atoms with E-state index < -0.39 is 23.2 Å². The minimum Gasteiger partial charge on any atom is -0.508 e. The smallest absolute Gasteiger partial charge is 0.296 e. The lowest BCUT2D eigenvalue weighted by Gasteiger charge is -2.24. The summed E-state index contributed by atoms with van der Waals surface area (Å²) in [5, 5.41) is 9.70. The fourth-order valence-corrected chi connectivity index (χ4v) is 3.65. The van der Waals surface area contributed by atoms with E-state index in [4.69, 9.17) is 4.42 Å². The molecule has 1 amide bonds. The minimum atomic E-state index is -0.822. The van der Waals surface area contributed by atoms with E-state index >= 15 is 0 Å². The summed E-state index contributed by atoms with van der Waals surface area (Å²) >= 11 is 0. The SMILES string of the molecule is O=C1c2oc3ccc(F)cc3c(=O)c2C(c2ccc(O)cc2)N1c1ccccn1. The van der Waals surface area contributed by atoms with Crippen molar-refractivity contribution >= 4 is 22.7 Å². The third kappa shape index (κ3) is 2.59. The van der Waals surface area contributed by atoms with Crippen LogP contribution in [0.4, 0.5) is 10.2 Å². The average Bonchev–Trinajstić information content (AvgIpc) is 3.03. The molecule has 3 heterocycles. The number of pyridine rings is 1. The standard InChI is InChI=1S/C22H13FN2O4/c23-13-6-9-16-15(11-13)20(27)18-19(12-4-7-14(26)8-5-12)25(22(28)21(18)29-16)17-3-1-2-10-24-17/h1-11,19,26H. The largest absolute Gasteiger partial charge is 0.508 e. The molecular weight excluding hydrogens is 375 g/mol. The highest BCUT2D eigenvalue weighted by molar-refractivity contribution is 6.10. The maximum atomic E-state index is 13.8. The van der Waals surface area contributed by atoms with Gasteiger partial charge < -0.3 is 9.52 Å². The summed E-state index contributed by atoms with van der Waals surface area (Å²) in [6, 6.07) is 14.1. The van der Waals surface area contributed by atoms with Crippen molar-refractivity contribution in [2.45, 2.75) is 6.04 Å². The molecule has 142 valence electrons. The van der Waals surface area contributed by atoms with Crippen LogP contribution in [0, 0.1) is 5.82 Å². The second-order valence-electron chi connectivity index (χ2n) is 6.67. The van der Waals surface area contributed by atoms with Crippen molar-refractivity contribution in [3.05, 3.63) is 99.8 Å². The van der Waals surface area contributed by atoms with E-state index in [9.17, 15) is 19.1 Å². The fourth-order valence-electron chi connectivity index (χ4n) is 3.65. The van der Waals surface area contributed by atoms with Gasteiger partial charge in [0.2, 0.25) is 5.76 Å². The Bertz CT molecular complexity index is 1320. The molecule has 0 radical (unpaired) electrons. The summed E-state index contributed by atoms with van der Waals surface area (Å²) in [7, 11) is 0. The van der Waals surface area contributed by atoms with Crippen LogP contribution in [0.3, 0.4) is 0 Å². The maximum absolute atomic E-state index is 13.8. The molecule has 1 aliphatic heterocycles. The van der Waals surface area contributed by atoms with E-state index in [1.54, 1.807) is 36.5 Å². The van der Waals surface area contributed by atoms with Gasteiger partial charge in [0.1, 0.15) is 23.0 Å². The van der Waals surface area contributed by atoms with E-state index in [-0.39, 0.29) is 28.0 Å². The Hall–Kier alpha value is -4.00. The Kier molecular flexibility index (Phi) is 3.70. The number of anilines is 1. The van der Waals surface area contributed by atoms with Crippen LogP contribution in [0.25, 0.3) is 11.0 Å². The highest BCUT2D eigenvalue weighted by atomic mass is 19.1. The van der Waals surface area contributed by atoms with E-state index in [1.165, 1.54) is 29.2 Å². The number of phenols is 1. The Morgan fingerprint density at radius 3 is 2.55 bits per heavy atom. The van der Waals surface area contributed by atoms with Crippen LogP contribution in [0.1, 0.15) is 27.7 Å². The number of nitrogens with zero attached hydrogens (tertiary/aromatic N) is 2. The molecule has 0 bridgehead atoms. The molecule has 1 unspecified atom stereocenters. The zero-order valence-corrected chi connectivity index (χ0v) is 14.9. The summed E-state index contributed by atoms with van der Waals surface area (Å²) < 4.78 is 19.5. The van der Waals surface area contributed by atoms with Crippen LogP contribution in [0.5, 0.6) is 5.75 Å². The highest BCUT2D eigenvalue weighted by Gasteiger charge is 2.44. The monoisotopic (exact) mass is 388 g/mol. The predicted octanol–water partition coefficient (Wildman–Crippen LogP) is 3.78. The molecule has 0 spiro atoms. The van der Waals surface area contributed by atoms with E-state index in [0.29, 0.717) is 11.4 Å². The minimum absolute atomic E-state index is 0.0512. The third-order valence-corrected chi connectivity index (χ3v) is 4.94. The number of carbonyl (C=O) groups excluding carboxylic acids is 1. The number of amides is 1. The lowest BCUT2D eigenvalue weighted by atomic mass is 9.98. The molecule has 1 N–H and O–H groups in total. The van der Waals surface area contributed by atoms with Crippen molar-refractivity contribution < 1.29 is 18.7 Å². The highest BCUT2D eigenvalue weighted by Crippen LogP contribution is 2.40. The van der Waals surface area contributed by atoms with Crippen LogP contribution in [0.15, 0.2) is 76.1 Å². The number of hydrogen-bond acceptors (Lipinski definition) is 5. The Balaban J connectivity index is 1.83. The third-order valence-electron chi connectivity index (χ3n) is 4.94. The normalized spacial score (nSPS) is 15.7. The summed E-state index contributed by atoms with van der Waals surface area (Å²) in [5.41, 5.74) is 0.356. The first-order valence-corrected chi connectivity index (χ1v) is 8.84. The summed E-state index contributed by atoms with van der Waals surface area (Å²) in [4.78, 5) is 32.1. The molecule has 6 nitrogen and oxygen atoms in total. The molecular formula is C22H13FN2O4. The predicted molar refractivity (Wildman–Crippen MR) is 103 cm³/mol. The van der Waals surface area contributed by atoms with Crippen LogP contribution < -0.4 is 10.3 Å². The van der Waals surface area contributed by atoms with Crippen LogP contribution in [0.2, 0.25) is 0 Å². The van der Waals surface area contributed by atoms with Crippen LogP contribution >= 0.6 is 0 Å². The molecule has 1 aliphatic rings. The fraction of sp³-hybridized carbons (Fsp3) is 0.0455.